The highest BCUT2D eigenvalue weighted by molar-refractivity contribution is 7.85. The standard InChI is InChI=1S/C18H21NO2.C7H8O3S/c1-13(2)16(19)18(20)21-17(14-9-5-3-6-10-14)15-11-7-4-8-12-15;1-6-2-4-7(5-3-6)11(8,9)10/h3-13,16-17H,19H2,1-2H3;2-5H,1H3,(H,8,9,10)/i13+1,16D;. The van der Waals surface area contributed by atoms with Gasteiger partial charge in [-0.2, -0.15) is 0 Å². The van der Waals surface area contributed by atoms with Gasteiger partial charge >= 0.3 is 5.97 Å². The lowest BCUT2D eigenvalue weighted by atomic mass is 10.0. The molecule has 0 amide bonds. The summed E-state index contributed by atoms with van der Waals surface area (Å²) in [5, 5.41) is 0. The molecule has 0 radical (unpaired) electrons. The minimum Gasteiger partial charge on any atom is -0.744 e. The van der Waals surface area contributed by atoms with Gasteiger partial charge in [-0.1, -0.05) is 92.2 Å². The van der Waals surface area contributed by atoms with E-state index in [1.54, 1.807) is 26.0 Å². The average molecular weight is 458 g/mol. The van der Waals surface area contributed by atoms with Crippen LogP contribution in [0.5, 0.6) is 0 Å². The third-order valence-electron chi connectivity index (χ3n) is 4.70. The zero-order valence-corrected chi connectivity index (χ0v) is 19.2. The minimum absolute atomic E-state index is 0.178. The van der Waals surface area contributed by atoms with Gasteiger partial charge in [0.05, 0.1) is 4.90 Å². The quantitative estimate of drug-likeness (QED) is 0.346. The molecule has 1 unspecified atom stereocenters. The Kier molecular flexibility index (Phi) is 8.56. The normalized spacial score (nSPS) is 13.5. The van der Waals surface area contributed by atoms with Gasteiger partial charge in [0.15, 0.2) is 12.1 Å². The van der Waals surface area contributed by atoms with Crippen LogP contribution >= 0.6 is 0 Å². The van der Waals surface area contributed by atoms with E-state index in [0.717, 1.165) is 16.7 Å². The molecule has 3 N–H and O–H groups in total. The summed E-state index contributed by atoms with van der Waals surface area (Å²) in [6.07, 6.45) is -0.528. The molecule has 6 nitrogen and oxygen atoms in total. The Balaban J connectivity index is 0.000000294. The van der Waals surface area contributed by atoms with E-state index in [0.29, 0.717) is 0 Å². The second-order valence-corrected chi connectivity index (χ2v) is 8.93. The van der Waals surface area contributed by atoms with Gasteiger partial charge in [0.1, 0.15) is 11.5 Å². The Morgan fingerprint density at radius 3 is 1.72 bits per heavy atom. The topological polar surface area (TPSA) is 111 Å². The van der Waals surface area contributed by atoms with E-state index in [4.69, 9.17) is 6.11 Å². The molecular weight excluding hydrogens is 427 g/mol. The first-order valence-corrected chi connectivity index (χ1v) is 11.5. The lowest BCUT2D eigenvalue weighted by molar-refractivity contribution is -0.419. The number of benzene rings is 3. The average Bonchev–Trinajstić information content (AvgIpc) is 2.78. The molecule has 0 saturated heterocycles. The molecule has 0 aliphatic rings. The zero-order valence-electron chi connectivity index (χ0n) is 19.4. The zero-order chi connectivity index (χ0) is 24.6. The van der Waals surface area contributed by atoms with Crippen molar-refractivity contribution in [3.05, 3.63) is 102 Å². The number of rotatable bonds is 6. The molecule has 7 heteroatoms. The monoisotopic (exact) mass is 457 g/mol. The molecular formula is C25H29NO5S. The number of ether oxygens (including phenoxy) is 1. The number of quaternary nitrogens is 1. The summed E-state index contributed by atoms with van der Waals surface area (Å²) in [4.78, 5) is 12.2. The van der Waals surface area contributed by atoms with Gasteiger partial charge in [0.2, 0.25) is 0 Å². The molecule has 170 valence electrons. The van der Waals surface area contributed by atoms with Crippen LogP contribution in [-0.4, -0.2) is 25.0 Å². The number of esters is 1. The number of carbonyl (C=O) groups is 1. The molecule has 0 aliphatic heterocycles. The molecule has 0 spiro atoms. The van der Waals surface area contributed by atoms with E-state index in [2.05, 4.69) is 5.73 Å². The molecule has 0 saturated carbocycles. The van der Waals surface area contributed by atoms with E-state index < -0.39 is 28.2 Å². The first-order chi connectivity index (χ1) is 15.4. The van der Waals surface area contributed by atoms with Gasteiger partial charge < -0.3 is 15.0 Å². The Hall–Kier alpha value is -3.00. The van der Waals surface area contributed by atoms with Gasteiger partial charge in [0.25, 0.3) is 0 Å². The second-order valence-electron chi connectivity index (χ2n) is 7.55. The molecule has 3 aromatic carbocycles. The first-order valence-electron chi connectivity index (χ1n) is 10.6. The van der Waals surface area contributed by atoms with E-state index in [1.165, 1.54) is 12.1 Å². The van der Waals surface area contributed by atoms with Crippen LogP contribution in [-0.2, 0) is 19.6 Å². The Labute approximate surface area is 191 Å². The van der Waals surface area contributed by atoms with E-state index in [-0.39, 0.29) is 10.8 Å². The fourth-order valence-corrected chi connectivity index (χ4v) is 3.18. The summed E-state index contributed by atoms with van der Waals surface area (Å²) >= 11 is 0. The molecule has 3 aromatic rings. The van der Waals surface area contributed by atoms with Crippen LogP contribution in [0.25, 0.3) is 0 Å². The van der Waals surface area contributed by atoms with Crippen molar-refractivity contribution in [2.45, 2.75) is 37.8 Å². The lowest BCUT2D eigenvalue weighted by Gasteiger charge is -2.21. The summed E-state index contributed by atoms with van der Waals surface area (Å²) in [6, 6.07) is 23.4. The largest absolute Gasteiger partial charge is 0.744 e. The lowest BCUT2D eigenvalue weighted by Crippen LogP contribution is -2.67. The van der Waals surface area contributed by atoms with Gasteiger partial charge in [-0.25, -0.2) is 13.2 Å². The summed E-state index contributed by atoms with van der Waals surface area (Å²) in [5.41, 5.74) is 6.38. The van der Waals surface area contributed by atoms with Crippen LogP contribution in [0.4, 0.5) is 0 Å². The predicted molar refractivity (Wildman–Crippen MR) is 121 cm³/mol. The molecule has 0 fully saturated rings. The highest BCUT2D eigenvalue weighted by atomic mass is 32.2. The second kappa shape index (κ2) is 11.6. The van der Waals surface area contributed by atoms with Gasteiger partial charge in [0, 0.05) is 5.92 Å². The third-order valence-corrected chi connectivity index (χ3v) is 5.55. The molecule has 3 rings (SSSR count). The molecule has 0 bridgehead atoms. The highest BCUT2D eigenvalue weighted by Gasteiger charge is 2.27. The smallest absolute Gasteiger partial charge is 0.365 e. The van der Waals surface area contributed by atoms with Crippen molar-refractivity contribution in [2.75, 3.05) is 0 Å². The van der Waals surface area contributed by atoms with Crippen molar-refractivity contribution < 1.29 is 29.6 Å². The van der Waals surface area contributed by atoms with Gasteiger partial charge in [-0.3, -0.25) is 0 Å². The molecule has 0 aliphatic carbocycles. The number of carbonyl (C=O) groups excluding carboxylic acids is 1. The first kappa shape index (κ1) is 23.7. The summed E-state index contributed by atoms with van der Waals surface area (Å²) in [7, 11) is -4.27. The van der Waals surface area contributed by atoms with Crippen molar-refractivity contribution in [1.29, 1.82) is 0 Å². The van der Waals surface area contributed by atoms with E-state index in [1.807, 2.05) is 67.6 Å². The van der Waals surface area contributed by atoms with E-state index >= 15 is 0 Å². The van der Waals surface area contributed by atoms with E-state index in [9.17, 15) is 17.8 Å². The third kappa shape index (κ3) is 7.60. The fraction of sp³-hybridized carbons (Fsp3) is 0.240. The summed E-state index contributed by atoms with van der Waals surface area (Å²) < 4.78 is 44.9. The van der Waals surface area contributed by atoms with Crippen LogP contribution in [0.2, 0.25) is 0 Å². The number of aryl methyl sites for hydroxylation is 1. The Bertz CT molecular complexity index is 1090. The molecule has 1 atom stereocenters. The highest BCUT2D eigenvalue weighted by Crippen LogP contribution is 2.26. The molecule has 0 heterocycles. The maximum Gasteiger partial charge on any atom is 0.365 e. The van der Waals surface area contributed by atoms with Crippen molar-refractivity contribution in [3.63, 3.8) is 0 Å². The maximum atomic E-state index is 12.4. The number of hydrogen-bond acceptors (Lipinski definition) is 5. The SMILES string of the molecule is Cc1ccc(S(=O)(=O)[O-])cc1.[2H]C([NH3+])(C(=O)OC(c1ccccc1)c1ccccc1)[13CH](C)C. The molecule has 0 aromatic heterocycles. The van der Waals surface area contributed by atoms with Crippen LogP contribution in [0.3, 0.4) is 0 Å². The fourth-order valence-electron chi connectivity index (χ4n) is 2.71. The van der Waals surface area contributed by atoms with Crippen LogP contribution in [0, 0.1) is 12.8 Å². The predicted octanol–water partition coefficient (Wildman–Crippen LogP) is 3.48. The van der Waals surface area contributed by atoms with Crippen LogP contribution in [0.1, 0.15) is 38.0 Å². The minimum atomic E-state index is -4.27. The summed E-state index contributed by atoms with van der Waals surface area (Å²) in [5.74, 6) is -0.840. The van der Waals surface area contributed by atoms with Gasteiger partial charge in [-0.15, -0.1) is 0 Å². The van der Waals surface area contributed by atoms with Crippen LogP contribution in [0.15, 0.2) is 89.8 Å². The maximum absolute atomic E-state index is 12.4. The van der Waals surface area contributed by atoms with Gasteiger partial charge in [-0.05, 0) is 30.2 Å². The van der Waals surface area contributed by atoms with Crippen molar-refractivity contribution in [2.24, 2.45) is 5.92 Å². The summed E-state index contributed by atoms with van der Waals surface area (Å²) in [6.45, 7) is 5.41. The molecule has 32 heavy (non-hydrogen) atoms. The van der Waals surface area contributed by atoms with Crippen molar-refractivity contribution in [3.8, 4) is 0 Å². The number of hydrogen-bond donors (Lipinski definition) is 1. The Morgan fingerprint density at radius 2 is 1.34 bits per heavy atom. The van der Waals surface area contributed by atoms with Crippen molar-refractivity contribution >= 4 is 16.1 Å². The van der Waals surface area contributed by atoms with Crippen LogP contribution < -0.4 is 5.73 Å². The Morgan fingerprint density at radius 1 is 0.906 bits per heavy atom. The van der Waals surface area contributed by atoms with Crippen molar-refractivity contribution in [1.82, 2.24) is 0 Å².